The monoisotopic (exact) mass is 144 g/mol. The van der Waals surface area contributed by atoms with Crippen molar-refractivity contribution < 1.29 is 19.4 Å². The first-order valence-corrected chi connectivity index (χ1v) is 3.23. The molecule has 0 aromatic rings. The lowest BCUT2D eigenvalue weighted by molar-refractivity contribution is -0.125. The maximum absolute atomic E-state index is 10.8. The van der Waals surface area contributed by atoms with Crippen LogP contribution in [0.3, 0.4) is 0 Å². The molecule has 2 aliphatic rings. The minimum atomic E-state index is -0.614. The van der Waals surface area contributed by atoms with E-state index >= 15 is 0 Å². The van der Waals surface area contributed by atoms with E-state index in [0.717, 1.165) is 0 Å². The zero-order chi connectivity index (χ0) is 7.14. The quantitative estimate of drug-likeness (QED) is 0.459. The van der Waals surface area contributed by atoms with Crippen molar-refractivity contribution in [3.05, 3.63) is 0 Å². The molecule has 56 valence electrons. The summed E-state index contributed by atoms with van der Waals surface area (Å²) < 4.78 is 9.95. The summed E-state index contributed by atoms with van der Waals surface area (Å²) in [5.74, 6) is -0.0541. The zero-order valence-electron chi connectivity index (χ0n) is 5.32. The summed E-state index contributed by atoms with van der Waals surface area (Å²) >= 11 is 0. The molecule has 0 aromatic carbocycles. The lowest BCUT2D eigenvalue weighted by Crippen LogP contribution is -2.28. The van der Waals surface area contributed by atoms with E-state index in [1.54, 1.807) is 0 Å². The first kappa shape index (κ1) is 6.27. The lowest BCUT2D eigenvalue weighted by Gasteiger charge is -2.06. The highest BCUT2D eigenvalue weighted by atomic mass is 16.6. The maximum Gasteiger partial charge on any atom is 0.189 e. The summed E-state index contributed by atoms with van der Waals surface area (Å²) in [7, 11) is 0. The van der Waals surface area contributed by atoms with Crippen LogP contribution in [0.15, 0.2) is 0 Å². The molecule has 2 saturated heterocycles. The second-order valence-electron chi connectivity index (χ2n) is 2.56. The molecule has 4 heteroatoms. The van der Waals surface area contributed by atoms with Crippen LogP contribution in [0.4, 0.5) is 0 Å². The SMILES string of the molecule is O=C1CO[C@H]2[C@@H]1OC[C@@H]2O. The normalized spacial score (nSPS) is 46.1. The predicted octanol–water partition coefficient (Wildman–Crippen LogP) is -1.29. The standard InChI is InChI=1S/C6H8O4/c7-3-1-9-6-4(8)2-10-5(3)6/h3,5-7H,1-2H2/t3-,5+,6+/m0/s1. The number of aliphatic hydroxyl groups excluding tert-OH is 1. The Morgan fingerprint density at radius 3 is 3.00 bits per heavy atom. The third-order valence-corrected chi connectivity index (χ3v) is 1.86. The van der Waals surface area contributed by atoms with Crippen LogP contribution in [0.25, 0.3) is 0 Å². The average Bonchev–Trinajstić information content (AvgIpc) is 2.41. The molecule has 0 unspecified atom stereocenters. The van der Waals surface area contributed by atoms with Gasteiger partial charge in [-0.1, -0.05) is 0 Å². The van der Waals surface area contributed by atoms with E-state index < -0.39 is 18.3 Å². The van der Waals surface area contributed by atoms with Crippen LogP contribution < -0.4 is 0 Å². The highest BCUT2D eigenvalue weighted by Gasteiger charge is 2.46. The van der Waals surface area contributed by atoms with Gasteiger partial charge in [0, 0.05) is 0 Å². The predicted molar refractivity (Wildman–Crippen MR) is 30.5 cm³/mol. The van der Waals surface area contributed by atoms with Gasteiger partial charge in [0.25, 0.3) is 0 Å². The molecular formula is C6H8O4. The summed E-state index contributed by atoms with van der Waals surface area (Å²) in [5, 5.41) is 9.11. The van der Waals surface area contributed by atoms with Crippen LogP contribution in [0, 0.1) is 0 Å². The van der Waals surface area contributed by atoms with Crippen molar-refractivity contribution in [2.75, 3.05) is 13.2 Å². The largest absolute Gasteiger partial charge is 0.388 e. The van der Waals surface area contributed by atoms with Gasteiger partial charge in [-0.25, -0.2) is 0 Å². The van der Waals surface area contributed by atoms with E-state index in [9.17, 15) is 4.79 Å². The zero-order valence-corrected chi connectivity index (χ0v) is 5.32. The van der Waals surface area contributed by atoms with Crippen molar-refractivity contribution in [2.45, 2.75) is 18.3 Å². The molecule has 10 heavy (non-hydrogen) atoms. The highest BCUT2D eigenvalue weighted by molar-refractivity contribution is 5.87. The number of fused-ring (bicyclic) bond motifs is 1. The van der Waals surface area contributed by atoms with Crippen LogP contribution in [0.2, 0.25) is 0 Å². The summed E-state index contributed by atoms with van der Waals surface area (Å²) in [5.41, 5.74) is 0. The molecule has 0 radical (unpaired) electrons. The van der Waals surface area contributed by atoms with E-state index in [-0.39, 0.29) is 19.0 Å². The Morgan fingerprint density at radius 1 is 1.50 bits per heavy atom. The molecule has 0 spiro atoms. The second kappa shape index (κ2) is 2.02. The summed E-state index contributed by atoms with van der Waals surface area (Å²) in [6.07, 6.45) is -1.50. The first-order chi connectivity index (χ1) is 4.79. The lowest BCUT2D eigenvalue weighted by atomic mass is 10.1. The molecule has 1 N–H and O–H groups in total. The van der Waals surface area contributed by atoms with Crippen LogP contribution in [0.1, 0.15) is 0 Å². The van der Waals surface area contributed by atoms with Gasteiger partial charge in [-0.3, -0.25) is 4.79 Å². The molecule has 0 aliphatic carbocycles. The van der Waals surface area contributed by atoms with Crippen molar-refractivity contribution in [3.63, 3.8) is 0 Å². The third kappa shape index (κ3) is 0.697. The second-order valence-corrected chi connectivity index (χ2v) is 2.56. The van der Waals surface area contributed by atoms with Gasteiger partial charge in [0.15, 0.2) is 5.78 Å². The first-order valence-electron chi connectivity index (χ1n) is 3.23. The summed E-state index contributed by atoms with van der Waals surface area (Å²) in [4.78, 5) is 10.8. The third-order valence-electron chi connectivity index (χ3n) is 1.86. The number of aliphatic hydroxyl groups is 1. The van der Waals surface area contributed by atoms with Crippen LogP contribution in [-0.2, 0) is 14.3 Å². The van der Waals surface area contributed by atoms with Gasteiger partial charge >= 0.3 is 0 Å². The minimum absolute atomic E-state index is 0.0541. The van der Waals surface area contributed by atoms with E-state index in [4.69, 9.17) is 14.6 Å². The summed E-state index contributed by atoms with van der Waals surface area (Å²) in [6, 6.07) is 0. The summed E-state index contributed by atoms with van der Waals surface area (Å²) in [6.45, 7) is 0.313. The number of rotatable bonds is 0. The van der Waals surface area contributed by atoms with Crippen LogP contribution in [-0.4, -0.2) is 42.4 Å². The van der Waals surface area contributed by atoms with Gasteiger partial charge in [0.05, 0.1) is 6.61 Å². The molecule has 2 rings (SSSR count). The Morgan fingerprint density at radius 2 is 2.30 bits per heavy atom. The number of ether oxygens (including phenoxy) is 2. The Kier molecular flexibility index (Phi) is 1.26. The van der Waals surface area contributed by atoms with Gasteiger partial charge in [0.2, 0.25) is 0 Å². The van der Waals surface area contributed by atoms with E-state index in [1.807, 2.05) is 0 Å². The number of ketones is 1. The molecule has 0 saturated carbocycles. The number of carbonyl (C=O) groups is 1. The van der Waals surface area contributed by atoms with Gasteiger partial charge in [-0.05, 0) is 0 Å². The topological polar surface area (TPSA) is 55.8 Å². The fraction of sp³-hybridized carbons (Fsp3) is 0.833. The van der Waals surface area contributed by atoms with Gasteiger partial charge < -0.3 is 14.6 Å². The number of hydrogen-bond donors (Lipinski definition) is 1. The Balaban J connectivity index is 2.16. The smallest absolute Gasteiger partial charge is 0.189 e. The number of Topliss-reactive ketones (excluding diaryl/α,β-unsaturated/α-hetero) is 1. The fourth-order valence-electron chi connectivity index (χ4n) is 1.33. The highest BCUT2D eigenvalue weighted by Crippen LogP contribution is 2.23. The van der Waals surface area contributed by atoms with Crippen LogP contribution in [0.5, 0.6) is 0 Å². The minimum Gasteiger partial charge on any atom is -0.388 e. The molecule has 2 heterocycles. The van der Waals surface area contributed by atoms with Crippen molar-refractivity contribution >= 4 is 5.78 Å². The Labute approximate surface area is 57.7 Å². The van der Waals surface area contributed by atoms with E-state index in [1.165, 1.54) is 0 Å². The van der Waals surface area contributed by atoms with E-state index in [2.05, 4.69) is 0 Å². The maximum atomic E-state index is 10.8. The fourth-order valence-corrected chi connectivity index (χ4v) is 1.33. The molecule has 4 nitrogen and oxygen atoms in total. The number of carbonyl (C=O) groups excluding carboxylic acids is 1. The molecule has 0 amide bonds. The molecule has 2 fully saturated rings. The number of hydrogen-bond acceptors (Lipinski definition) is 4. The Bertz CT molecular complexity index is 167. The molecule has 2 aliphatic heterocycles. The van der Waals surface area contributed by atoms with Gasteiger partial charge in [0.1, 0.15) is 24.9 Å². The van der Waals surface area contributed by atoms with Crippen molar-refractivity contribution in [1.29, 1.82) is 0 Å². The van der Waals surface area contributed by atoms with Crippen molar-refractivity contribution in [2.24, 2.45) is 0 Å². The van der Waals surface area contributed by atoms with Crippen molar-refractivity contribution in [1.82, 2.24) is 0 Å². The average molecular weight is 144 g/mol. The van der Waals surface area contributed by atoms with Gasteiger partial charge in [-0.15, -0.1) is 0 Å². The molecular weight excluding hydrogens is 136 g/mol. The molecule has 0 aromatic heterocycles. The van der Waals surface area contributed by atoms with Gasteiger partial charge in [-0.2, -0.15) is 0 Å². The molecule has 3 atom stereocenters. The molecule has 0 bridgehead atoms. The van der Waals surface area contributed by atoms with Crippen molar-refractivity contribution in [3.8, 4) is 0 Å². The van der Waals surface area contributed by atoms with E-state index in [0.29, 0.717) is 0 Å². The van der Waals surface area contributed by atoms with Crippen LogP contribution >= 0.6 is 0 Å². The Hall–Kier alpha value is -0.450.